The molecule has 49 heavy (non-hydrogen) atoms. The Hall–Kier alpha value is -6.32. The second-order valence-corrected chi connectivity index (χ2v) is 12.3. The molecule has 7 aromatic carbocycles. The van der Waals surface area contributed by atoms with Crippen LogP contribution in [0.4, 0.5) is 11.4 Å². The van der Waals surface area contributed by atoms with E-state index in [1.165, 1.54) is 21.9 Å². The number of aryl methyl sites for hydroxylation is 1. The first kappa shape index (κ1) is 30.0. The van der Waals surface area contributed by atoms with Crippen molar-refractivity contribution in [3.05, 3.63) is 215 Å². The van der Waals surface area contributed by atoms with Crippen molar-refractivity contribution in [2.24, 2.45) is 9.98 Å². The fourth-order valence-electron chi connectivity index (χ4n) is 6.57. The van der Waals surface area contributed by atoms with E-state index in [0.717, 1.165) is 62.6 Å². The summed E-state index contributed by atoms with van der Waals surface area (Å²) >= 11 is 0. The highest BCUT2D eigenvalue weighted by Crippen LogP contribution is 2.35. The zero-order chi connectivity index (χ0) is 33.0. The van der Waals surface area contributed by atoms with Gasteiger partial charge in [0.05, 0.1) is 33.8 Å². The number of rotatable bonds is 8. The van der Waals surface area contributed by atoms with Crippen molar-refractivity contribution in [2.45, 2.75) is 13.5 Å². The SMILES string of the molecule is Cc1ccccc1Cn1c2cc(N=C(c3ccccc3)c3ccccc3)ccc2c2ccc(N=C(c3ccccc3)c3ccccc3)cc21. The molecule has 0 fully saturated rings. The van der Waals surface area contributed by atoms with Crippen LogP contribution in [0.3, 0.4) is 0 Å². The molecule has 8 aromatic rings. The van der Waals surface area contributed by atoms with Gasteiger partial charge in [-0.05, 0) is 42.3 Å². The van der Waals surface area contributed by atoms with Gasteiger partial charge in [-0.15, -0.1) is 0 Å². The van der Waals surface area contributed by atoms with E-state index in [1.807, 2.05) is 24.3 Å². The van der Waals surface area contributed by atoms with E-state index in [2.05, 4.69) is 169 Å². The van der Waals surface area contributed by atoms with Gasteiger partial charge in [0.25, 0.3) is 0 Å². The van der Waals surface area contributed by atoms with Crippen molar-refractivity contribution >= 4 is 44.6 Å². The Morgan fingerprint density at radius 1 is 0.429 bits per heavy atom. The minimum absolute atomic E-state index is 0.738. The molecule has 0 atom stereocenters. The molecule has 0 N–H and O–H groups in total. The Morgan fingerprint density at radius 3 is 1.18 bits per heavy atom. The summed E-state index contributed by atoms with van der Waals surface area (Å²) < 4.78 is 2.43. The second kappa shape index (κ2) is 13.4. The van der Waals surface area contributed by atoms with E-state index < -0.39 is 0 Å². The molecule has 3 nitrogen and oxygen atoms in total. The van der Waals surface area contributed by atoms with Crippen LogP contribution in [0, 0.1) is 6.92 Å². The maximum Gasteiger partial charge on any atom is 0.0781 e. The molecule has 0 bridgehead atoms. The Labute approximate surface area is 287 Å². The molecule has 1 heterocycles. The van der Waals surface area contributed by atoms with Gasteiger partial charge in [0.15, 0.2) is 0 Å². The van der Waals surface area contributed by atoms with Crippen molar-refractivity contribution in [3.8, 4) is 0 Å². The summed E-state index contributed by atoms with van der Waals surface area (Å²) in [6.07, 6.45) is 0. The number of nitrogens with zero attached hydrogens (tertiary/aromatic N) is 3. The van der Waals surface area contributed by atoms with Gasteiger partial charge >= 0.3 is 0 Å². The van der Waals surface area contributed by atoms with Crippen molar-refractivity contribution < 1.29 is 0 Å². The summed E-state index contributed by atoms with van der Waals surface area (Å²) in [7, 11) is 0. The normalized spacial score (nSPS) is 11.0. The summed E-state index contributed by atoms with van der Waals surface area (Å²) in [6, 6.07) is 63.6. The molecular weight excluding hydrogens is 595 g/mol. The lowest BCUT2D eigenvalue weighted by atomic mass is 10.0. The van der Waals surface area contributed by atoms with Crippen LogP contribution in [-0.2, 0) is 6.54 Å². The van der Waals surface area contributed by atoms with E-state index in [-0.39, 0.29) is 0 Å². The number of aliphatic imine (C=N–C) groups is 2. The van der Waals surface area contributed by atoms with Crippen LogP contribution in [0.15, 0.2) is 192 Å². The second-order valence-electron chi connectivity index (χ2n) is 12.3. The minimum atomic E-state index is 0.738. The van der Waals surface area contributed by atoms with Gasteiger partial charge in [-0.25, -0.2) is 9.98 Å². The van der Waals surface area contributed by atoms with Crippen LogP contribution in [0.5, 0.6) is 0 Å². The Bertz CT molecular complexity index is 2210. The standard InChI is InChI=1S/C46H35N3/c1-33-16-14-15-25-38(33)32-49-43-30-39(47-45(34-17-6-2-7-18-34)35-19-8-3-9-20-35)26-28-41(43)42-29-27-40(31-44(42)49)48-46(36-21-10-4-11-22-36)37-23-12-5-13-24-37/h2-31H,32H2,1H3. The number of aromatic nitrogens is 1. The molecule has 0 unspecified atom stereocenters. The van der Waals surface area contributed by atoms with Crippen LogP contribution in [0.2, 0.25) is 0 Å². The fourth-order valence-corrected chi connectivity index (χ4v) is 6.57. The molecule has 0 spiro atoms. The Balaban J connectivity index is 1.33. The van der Waals surface area contributed by atoms with E-state index in [9.17, 15) is 0 Å². The lowest BCUT2D eigenvalue weighted by molar-refractivity contribution is 0.861. The predicted molar refractivity (Wildman–Crippen MR) is 206 cm³/mol. The Kier molecular flexibility index (Phi) is 8.23. The van der Waals surface area contributed by atoms with Crippen LogP contribution in [-0.4, -0.2) is 16.0 Å². The molecule has 8 rings (SSSR count). The first-order valence-electron chi connectivity index (χ1n) is 16.7. The topological polar surface area (TPSA) is 29.6 Å². The maximum atomic E-state index is 5.29. The largest absolute Gasteiger partial charge is 0.336 e. The van der Waals surface area contributed by atoms with E-state index in [4.69, 9.17) is 9.98 Å². The molecule has 3 heteroatoms. The van der Waals surface area contributed by atoms with E-state index in [0.29, 0.717) is 0 Å². The van der Waals surface area contributed by atoms with E-state index >= 15 is 0 Å². The number of hydrogen-bond acceptors (Lipinski definition) is 2. The predicted octanol–water partition coefficient (Wildman–Crippen LogP) is 11.5. The minimum Gasteiger partial charge on any atom is -0.336 e. The Morgan fingerprint density at radius 2 is 0.796 bits per heavy atom. The molecule has 0 aliphatic carbocycles. The molecule has 0 aliphatic heterocycles. The van der Waals surface area contributed by atoms with Crippen molar-refractivity contribution in [1.82, 2.24) is 4.57 Å². The molecule has 234 valence electrons. The van der Waals surface area contributed by atoms with Gasteiger partial charge in [0.2, 0.25) is 0 Å². The average molecular weight is 630 g/mol. The average Bonchev–Trinajstić information content (AvgIpc) is 3.46. The monoisotopic (exact) mass is 629 g/mol. The fraction of sp³-hybridized carbons (Fsp3) is 0.0435. The highest BCUT2D eigenvalue weighted by Gasteiger charge is 2.15. The maximum absolute atomic E-state index is 5.29. The first-order chi connectivity index (χ1) is 24.2. The molecule has 0 amide bonds. The lowest BCUT2D eigenvalue weighted by Gasteiger charge is -2.12. The zero-order valence-electron chi connectivity index (χ0n) is 27.4. The smallest absolute Gasteiger partial charge is 0.0781 e. The molecule has 0 radical (unpaired) electrons. The number of fused-ring (bicyclic) bond motifs is 3. The summed E-state index contributed by atoms with van der Waals surface area (Å²) in [5.41, 5.74) is 12.9. The molecule has 0 saturated heterocycles. The third kappa shape index (κ3) is 6.22. The molecule has 0 saturated carbocycles. The summed E-state index contributed by atoms with van der Waals surface area (Å²) in [4.78, 5) is 10.6. The van der Waals surface area contributed by atoms with Gasteiger partial charge in [0.1, 0.15) is 0 Å². The van der Waals surface area contributed by atoms with Crippen LogP contribution >= 0.6 is 0 Å². The lowest BCUT2D eigenvalue weighted by Crippen LogP contribution is -2.03. The summed E-state index contributed by atoms with van der Waals surface area (Å²) in [6.45, 7) is 2.92. The third-order valence-corrected chi connectivity index (χ3v) is 9.09. The van der Waals surface area contributed by atoms with Gasteiger partial charge in [0, 0.05) is 39.6 Å². The number of benzene rings is 7. The van der Waals surface area contributed by atoms with Gasteiger partial charge in [-0.1, -0.05) is 158 Å². The summed E-state index contributed by atoms with van der Waals surface area (Å²) in [5.74, 6) is 0. The van der Waals surface area contributed by atoms with Crippen LogP contribution in [0.25, 0.3) is 21.8 Å². The number of hydrogen-bond donors (Lipinski definition) is 0. The van der Waals surface area contributed by atoms with Crippen LogP contribution in [0.1, 0.15) is 33.4 Å². The van der Waals surface area contributed by atoms with Crippen molar-refractivity contribution in [2.75, 3.05) is 0 Å². The molecular formula is C46H35N3. The quantitative estimate of drug-likeness (QED) is 0.150. The molecule has 0 aliphatic rings. The highest BCUT2D eigenvalue weighted by atomic mass is 15.0. The van der Waals surface area contributed by atoms with Gasteiger partial charge in [-0.2, -0.15) is 0 Å². The summed E-state index contributed by atoms with van der Waals surface area (Å²) in [5, 5.41) is 2.40. The highest BCUT2D eigenvalue weighted by molar-refractivity contribution is 6.16. The van der Waals surface area contributed by atoms with Gasteiger partial charge in [-0.3, -0.25) is 0 Å². The first-order valence-corrected chi connectivity index (χ1v) is 16.7. The van der Waals surface area contributed by atoms with Crippen LogP contribution < -0.4 is 0 Å². The van der Waals surface area contributed by atoms with E-state index in [1.54, 1.807) is 0 Å². The zero-order valence-corrected chi connectivity index (χ0v) is 27.4. The third-order valence-electron chi connectivity index (χ3n) is 9.09. The van der Waals surface area contributed by atoms with Gasteiger partial charge < -0.3 is 4.57 Å². The molecule has 1 aromatic heterocycles. The van der Waals surface area contributed by atoms with Crippen molar-refractivity contribution in [1.29, 1.82) is 0 Å². The van der Waals surface area contributed by atoms with Crippen molar-refractivity contribution in [3.63, 3.8) is 0 Å².